The van der Waals surface area contributed by atoms with Crippen molar-refractivity contribution in [2.75, 3.05) is 0 Å². The summed E-state index contributed by atoms with van der Waals surface area (Å²) in [4.78, 5) is 12.2. The van der Waals surface area contributed by atoms with Crippen LogP contribution in [0.5, 0.6) is 0 Å². The number of hydrogen-bond acceptors (Lipinski definition) is 1. The van der Waals surface area contributed by atoms with E-state index in [1.165, 1.54) is 11.1 Å². The van der Waals surface area contributed by atoms with Crippen LogP contribution in [-0.4, -0.2) is 11.4 Å². The average Bonchev–Trinajstić information content (AvgIpc) is 2.33. The summed E-state index contributed by atoms with van der Waals surface area (Å²) in [5, 5.41) is 3.17. The fourth-order valence-corrected chi connectivity index (χ4v) is 3.14. The molecule has 2 heteroatoms. The first-order valence-electron chi connectivity index (χ1n) is 8.38. The van der Waals surface area contributed by atoms with Crippen LogP contribution in [0, 0.1) is 5.41 Å². The molecular formula is C20H33NO. The van der Waals surface area contributed by atoms with Gasteiger partial charge in [0.25, 0.3) is 0 Å². The van der Waals surface area contributed by atoms with Gasteiger partial charge in [0.15, 0.2) is 0 Å². The predicted octanol–water partition coefficient (Wildman–Crippen LogP) is 5.07. The lowest BCUT2D eigenvalue weighted by Gasteiger charge is -2.33. The highest BCUT2D eigenvalue weighted by atomic mass is 16.1. The maximum Gasteiger partial charge on any atom is 0.220 e. The Bertz CT molecular complexity index is 477. The van der Waals surface area contributed by atoms with Gasteiger partial charge in [-0.3, -0.25) is 4.79 Å². The zero-order valence-corrected chi connectivity index (χ0v) is 15.4. The van der Waals surface area contributed by atoms with Gasteiger partial charge in [-0.05, 0) is 49.1 Å². The third kappa shape index (κ3) is 7.11. The first-order chi connectivity index (χ1) is 9.98. The molecule has 1 aromatic rings. The minimum atomic E-state index is -0.156. The monoisotopic (exact) mass is 303 g/mol. The van der Waals surface area contributed by atoms with E-state index in [-0.39, 0.29) is 16.9 Å². The van der Waals surface area contributed by atoms with E-state index in [0.717, 1.165) is 12.8 Å². The van der Waals surface area contributed by atoms with Crippen molar-refractivity contribution in [2.24, 2.45) is 5.41 Å². The Morgan fingerprint density at radius 3 is 2.05 bits per heavy atom. The van der Waals surface area contributed by atoms with Crippen molar-refractivity contribution in [2.45, 2.75) is 79.2 Å². The zero-order chi connectivity index (χ0) is 17.0. The summed E-state index contributed by atoms with van der Waals surface area (Å²) in [7, 11) is 0. The molecule has 0 saturated carbocycles. The van der Waals surface area contributed by atoms with Gasteiger partial charge in [-0.25, -0.2) is 0 Å². The first-order valence-corrected chi connectivity index (χ1v) is 8.38. The van der Waals surface area contributed by atoms with E-state index in [0.29, 0.717) is 12.3 Å². The molecule has 0 atom stereocenters. The van der Waals surface area contributed by atoms with Crippen LogP contribution in [0.3, 0.4) is 0 Å². The Morgan fingerprint density at radius 2 is 1.59 bits per heavy atom. The Morgan fingerprint density at radius 1 is 1.05 bits per heavy atom. The maximum absolute atomic E-state index is 12.2. The molecule has 0 aliphatic rings. The van der Waals surface area contributed by atoms with E-state index in [2.05, 4.69) is 78.0 Å². The number of carbonyl (C=O) groups excluding carboxylic acids is 1. The number of carbonyl (C=O) groups is 1. The summed E-state index contributed by atoms with van der Waals surface area (Å²) in [5.74, 6) is 0.692. The van der Waals surface area contributed by atoms with E-state index < -0.39 is 0 Å². The third-order valence-corrected chi connectivity index (χ3v) is 3.74. The summed E-state index contributed by atoms with van der Waals surface area (Å²) in [6.07, 6.45) is 2.32. The number of hydrogen-bond donors (Lipinski definition) is 1. The Hall–Kier alpha value is -1.31. The Kier molecular flexibility index (Phi) is 6.22. The molecule has 0 saturated heterocycles. The number of aryl methyl sites for hydroxylation is 1. The van der Waals surface area contributed by atoms with Crippen LogP contribution >= 0.6 is 0 Å². The molecule has 0 spiro atoms. The van der Waals surface area contributed by atoms with Crippen molar-refractivity contribution in [3.05, 3.63) is 35.4 Å². The van der Waals surface area contributed by atoms with Gasteiger partial charge in [0.05, 0.1) is 0 Å². The highest BCUT2D eigenvalue weighted by Crippen LogP contribution is 2.26. The van der Waals surface area contributed by atoms with Crippen LogP contribution < -0.4 is 5.32 Å². The molecule has 1 aromatic carbocycles. The highest BCUT2D eigenvalue weighted by molar-refractivity contribution is 5.77. The molecule has 0 fully saturated rings. The lowest BCUT2D eigenvalue weighted by Crippen LogP contribution is -2.45. The number of amides is 1. The quantitative estimate of drug-likeness (QED) is 0.780. The predicted molar refractivity (Wildman–Crippen MR) is 95.1 cm³/mol. The fourth-order valence-electron chi connectivity index (χ4n) is 3.14. The van der Waals surface area contributed by atoms with Gasteiger partial charge in [0.1, 0.15) is 0 Å². The summed E-state index contributed by atoms with van der Waals surface area (Å²) < 4.78 is 0. The van der Waals surface area contributed by atoms with Crippen LogP contribution in [0.15, 0.2) is 24.3 Å². The van der Waals surface area contributed by atoms with Crippen LogP contribution in [0.1, 0.15) is 78.4 Å². The molecule has 124 valence electrons. The van der Waals surface area contributed by atoms with Gasteiger partial charge in [-0.2, -0.15) is 0 Å². The first kappa shape index (κ1) is 18.7. The van der Waals surface area contributed by atoms with E-state index in [9.17, 15) is 4.79 Å². The standard InChI is InChI=1S/C20H33NO/c1-15(2)17-11-8-16(9-12-17)10-13-18(22)21-20(6,7)14-19(3,4)5/h8-9,11-12,15H,10,13-14H2,1-7H3,(H,21,22). The molecule has 22 heavy (non-hydrogen) atoms. The van der Waals surface area contributed by atoms with Crippen molar-refractivity contribution in [3.63, 3.8) is 0 Å². The van der Waals surface area contributed by atoms with Gasteiger partial charge < -0.3 is 5.32 Å². The van der Waals surface area contributed by atoms with Crippen LogP contribution in [0.2, 0.25) is 0 Å². The molecule has 0 unspecified atom stereocenters. The van der Waals surface area contributed by atoms with E-state index in [1.807, 2.05) is 0 Å². The summed E-state index contributed by atoms with van der Waals surface area (Å²) in [6, 6.07) is 8.62. The topological polar surface area (TPSA) is 29.1 Å². The molecule has 0 aromatic heterocycles. The minimum Gasteiger partial charge on any atom is -0.351 e. The molecule has 1 N–H and O–H groups in total. The summed E-state index contributed by atoms with van der Waals surface area (Å²) in [5.41, 5.74) is 2.63. The second-order valence-electron chi connectivity index (χ2n) is 8.57. The van der Waals surface area contributed by atoms with Crippen LogP contribution in [-0.2, 0) is 11.2 Å². The molecule has 0 radical (unpaired) electrons. The van der Waals surface area contributed by atoms with Gasteiger partial charge in [0, 0.05) is 12.0 Å². The second kappa shape index (κ2) is 7.30. The molecule has 0 bridgehead atoms. The molecule has 2 nitrogen and oxygen atoms in total. The second-order valence-corrected chi connectivity index (χ2v) is 8.57. The Labute approximate surface area is 136 Å². The van der Waals surface area contributed by atoms with Crippen molar-refractivity contribution in [1.82, 2.24) is 5.32 Å². The van der Waals surface area contributed by atoms with E-state index in [4.69, 9.17) is 0 Å². The number of rotatable bonds is 6. The van der Waals surface area contributed by atoms with E-state index >= 15 is 0 Å². The largest absolute Gasteiger partial charge is 0.351 e. The van der Waals surface area contributed by atoms with Crippen molar-refractivity contribution in [1.29, 1.82) is 0 Å². The maximum atomic E-state index is 12.2. The summed E-state index contributed by atoms with van der Waals surface area (Å²) in [6.45, 7) is 15.2. The lowest BCUT2D eigenvalue weighted by atomic mass is 9.81. The molecule has 0 heterocycles. The van der Waals surface area contributed by atoms with Crippen LogP contribution in [0.25, 0.3) is 0 Å². The SMILES string of the molecule is CC(C)c1ccc(CCC(=O)NC(C)(C)CC(C)(C)C)cc1. The van der Waals surface area contributed by atoms with Gasteiger partial charge in [0.2, 0.25) is 5.91 Å². The van der Waals surface area contributed by atoms with Gasteiger partial charge in [-0.1, -0.05) is 58.9 Å². The highest BCUT2D eigenvalue weighted by Gasteiger charge is 2.26. The van der Waals surface area contributed by atoms with Crippen molar-refractivity contribution >= 4 is 5.91 Å². The van der Waals surface area contributed by atoms with Gasteiger partial charge in [-0.15, -0.1) is 0 Å². The molecular weight excluding hydrogens is 270 g/mol. The van der Waals surface area contributed by atoms with Crippen LogP contribution in [0.4, 0.5) is 0 Å². The van der Waals surface area contributed by atoms with E-state index in [1.54, 1.807) is 0 Å². The smallest absolute Gasteiger partial charge is 0.220 e. The fraction of sp³-hybridized carbons (Fsp3) is 0.650. The molecule has 1 rings (SSSR count). The Balaban J connectivity index is 2.49. The van der Waals surface area contributed by atoms with Crippen molar-refractivity contribution in [3.8, 4) is 0 Å². The van der Waals surface area contributed by atoms with Crippen molar-refractivity contribution < 1.29 is 4.79 Å². The molecule has 0 aliphatic carbocycles. The minimum absolute atomic E-state index is 0.141. The zero-order valence-electron chi connectivity index (χ0n) is 15.4. The van der Waals surface area contributed by atoms with Gasteiger partial charge >= 0.3 is 0 Å². The average molecular weight is 303 g/mol. The molecule has 0 aliphatic heterocycles. The lowest BCUT2D eigenvalue weighted by molar-refractivity contribution is -0.122. The normalized spacial score (nSPS) is 12.5. The third-order valence-electron chi connectivity index (χ3n) is 3.74. The number of benzene rings is 1. The number of nitrogens with one attached hydrogen (secondary N) is 1. The molecule has 1 amide bonds. The summed E-state index contributed by atoms with van der Waals surface area (Å²) >= 11 is 0.